The number of aliphatic hydroxyl groups is 1. The maximum absolute atomic E-state index is 13.2. The van der Waals surface area contributed by atoms with Crippen molar-refractivity contribution in [2.45, 2.75) is 82.7 Å². The first-order chi connectivity index (χ1) is 13.3. The average molecular weight is 392 g/mol. The Balaban J connectivity index is 1.60. The van der Waals surface area contributed by atoms with Crippen LogP contribution in [0.2, 0.25) is 0 Å². The molecule has 3 aliphatic rings. The Bertz CT molecular complexity index is 707. The molecular weight excluding hydrogens is 358 g/mol. The Morgan fingerprint density at radius 3 is 2.89 bits per heavy atom. The van der Waals surface area contributed by atoms with Crippen LogP contribution in [0.3, 0.4) is 0 Å². The lowest BCUT2D eigenvalue weighted by molar-refractivity contribution is -0.167. The zero-order valence-electron chi connectivity index (χ0n) is 17.3. The fourth-order valence-electron chi connectivity index (χ4n) is 5.17. The van der Waals surface area contributed by atoms with E-state index in [9.17, 15) is 9.90 Å². The molecule has 1 aromatic rings. The first kappa shape index (κ1) is 19.9. The number of carbonyl (C=O) groups is 1. The second-order valence-electron chi connectivity index (χ2n) is 9.46. The smallest absolute Gasteiger partial charge is 0.327 e. The van der Waals surface area contributed by atoms with Crippen molar-refractivity contribution in [3.8, 4) is 0 Å². The summed E-state index contributed by atoms with van der Waals surface area (Å²) in [6.45, 7) is 7.36. The van der Waals surface area contributed by atoms with E-state index in [-0.39, 0.29) is 30.8 Å². The van der Waals surface area contributed by atoms with Crippen molar-refractivity contribution in [3.05, 3.63) is 18.0 Å². The van der Waals surface area contributed by atoms with Crippen molar-refractivity contribution in [2.75, 3.05) is 19.8 Å². The third kappa shape index (κ3) is 3.48. The summed E-state index contributed by atoms with van der Waals surface area (Å²) < 4.78 is 13.6. The zero-order chi connectivity index (χ0) is 19.9. The van der Waals surface area contributed by atoms with Crippen LogP contribution in [0.1, 0.15) is 77.3 Å². The van der Waals surface area contributed by atoms with Crippen molar-refractivity contribution in [3.63, 3.8) is 0 Å². The molecule has 3 aliphatic heterocycles. The van der Waals surface area contributed by atoms with Crippen molar-refractivity contribution in [2.24, 2.45) is 5.92 Å². The summed E-state index contributed by atoms with van der Waals surface area (Å²) in [7, 11) is 0. The molecule has 3 fully saturated rings. The van der Waals surface area contributed by atoms with Gasteiger partial charge in [0, 0.05) is 31.9 Å². The highest BCUT2D eigenvalue weighted by Crippen LogP contribution is 2.52. The van der Waals surface area contributed by atoms with Crippen molar-refractivity contribution in [1.29, 1.82) is 0 Å². The summed E-state index contributed by atoms with van der Waals surface area (Å²) in [6, 6.07) is 1.96. The molecule has 1 unspecified atom stereocenters. The fourth-order valence-corrected chi connectivity index (χ4v) is 5.17. The SMILES string of the molecule is CC(C)(C)OC(=O)[C@@]12CCCN1[C@@H](c1ccn(C3CCCCO3)n1)[C@@H](CO)C2. The number of aliphatic hydroxyl groups excluding tert-OH is 1. The molecule has 4 heterocycles. The van der Waals surface area contributed by atoms with Gasteiger partial charge in [-0.05, 0) is 65.4 Å². The molecule has 0 spiro atoms. The molecular formula is C21H33N3O4. The van der Waals surface area contributed by atoms with Crippen LogP contribution in [0.25, 0.3) is 0 Å². The lowest BCUT2D eigenvalue weighted by atomic mass is 9.88. The lowest BCUT2D eigenvalue weighted by Gasteiger charge is -2.35. The third-order valence-electron chi connectivity index (χ3n) is 6.32. The van der Waals surface area contributed by atoms with Crippen LogP contribution >= 0.6 is 0 Å². The number of fused-ring (bicyclic) bond motifs is 1. The number of hydrogen-bond donors (Lipinski definition) is 1. The molecule has 156 valence electrons. The number of nitrogens with zero attached hydrogens (tertiary/aromatic N) is 3. The van der Waals surface area contributed by atoms with Gasteiger partial charge in [0.15, 0.2) is 0 Å². The van der Waals surface area contributed by atoms with Crippen LogP contribution in [-0.4, -0.2) is 56.7 Å². The summed E-state index contributed by atoms with van der Waals surface area (Å²) >= 11 is 0. The molecule has 0 bridgehead atoms. The average Bonchev–Trinajstić information content (AvgIpc) is 3.34. The summed E-state index contributed by atoms with van der Waals surface area (Å²) in [5.41, 5.74) is -0.246. The summed E-state index contributed by atoms with van der Waals surface area (Å²) in [5.74, 6) is -0.183. The normalized spacial score (nSPS) is 33.8. The minimum atomic E-state index is -0.642. The molecule has 3 saturated heterocycles. The van der Waals surface area contributed by atoms with Gasteiger partial charge in [-0.1, -0.05) is 0 Å². The molecule has 0 aromatic carbocycles. The molecule has 28 heavy (non-hydrogen) atoms. The molecule has 0 aliphatic carbocycles. The van der Waals surface area contributed by atoms with E-state index in [0.29, 0.717) is 6.42 Å². The van der Waals surface area contributed by atoms with Crippen molar-refractivity contribution >= 4 is 5.97 Å². The van der Waals surface area contributed by atoms with Gasteiger partial charge in [0.05, 0.1) is 11.7 Å². The molecule has 0 amide bonds. The predicted molar refractivity (Wildman–Crippen MR) is 104 cm³/mol. The van der Waals surface area contributed by atoms with Gasteiger partial charge in [-0.2, -0.15) is 5.10 Å². The van der Waals surface area contributed by atoms with E-state index in [1.165, 1.54) is 0 Å². The second kappa shape index (κ2) is 7.43. The van der Waals surface area contributed by atoms with E-state index in [4.69, 9.17) is 14.6 Å². The number of hydrogen-bond acceptors (Lipinski definition) is 6. The minimum absolute atomic E-state index is 0.00864. The minimum Gasteiger partial charge on any atom is -0.459 e. The van der Waals surface area contributed by atoms with E-state index >= 15 is 0 Å². The number of carbonyl (C=O) groups excluding carboxylic acids is 1. The monoisotopic (exact) mass is 391 g/mol. The van der Waals surface area contributed by atoms with Crippen LogP contribution in [-0.2, 0) is 14.3 Å². The largest absolute Gasteiger partial charge is 0.459 e. The Kier molecular flexibility index (Phi) is 5.27. The van der Waals surface area contributed by atoms with E-state index in [1.807, 2.05) is 37.7 Å². The van der Waals surface area contributed by atoms with Crippen molar-refractivity contribution in [1.82, 2.24) is 14.7 Å². The predicted octanol–water partition coefficient (Wildman–Crippen LogP) is 2.81. The standard InChI is InChI=1S/C21H33N3O4/c1-20(2,3)28-19(26)21-9-6-10-23(21)18(15(13-21)14-25)16-8-11-24(22-16)17-7-4-5-12-27-17/h8,11,15,17-18,25H,4-7,9-10,12-14H2,1-3H3/t15-,17?,18-,21+/m1/s1. The molecule has 0 saturated carbocycles. The summed E-state index contributed by atoms with van der Waals surface area (Å²) in [4.78, 5) is 15.4. The van der Waals surface area contributed by atoms with Gasteiger partial charge in [-0.3, -0.25) is 9.69 Å². The highest BCUT2D eigenvalue weighted by atomic mass is 16.6. The first-order valence-electron chi connectivity index (χ1n) is 10.6. The Morgan fingerprint density at radius 1 is 1.39 bits per heavy atom. The molecule has 7 heteroatoms. The van der Waals surface area contributed by atoms with Crippen LogP contribution < -0.4 is 0 Å². The number of rotatable bonds is 4. The van der Waals surface area contributed by atoms with Gasteiger partial charge in [0.1, 0.15) is 17.4 Å². The van der Waals surface area contributed by atoms with Gasteiger partial charge >= 0.3 is 5.97 Å². The zero-order valence-corrected chi connectivity index (χ0v) is 17.3. The van der Waals surface area contributed by atoms with Gasteiger partial charge in [0.25, 0.3) is 0 Å². The number of esters is 1. The van der Waals surface area contributed by atoms with E-state index in [2.05, 4.69) is 4.90 Å². The highest BCUT2D eigenvalue weighted by molar-refractivity contribution is 5.82. The molecule has 4 rings (SSSR count). The number of aromatic nitrogens is 2. The highest BCUT2D eigenvalue weighted by Gasteiger charge is 2.60. The maximum Gasteiger partial charge on any atom is 0.327 e. The fraction of sp³-hybridized carbons (Fsp3) is 0.810. The number of ether oxygens (including phenoxy) is 2. The van der Waals surface area contributed by atoms with E-state index in [0.717, 1.165) is 50.9 Å². The first-order valence-corrected chi connectivity index (χ1v) is 10.6. The Hall–Kier alpha value is -1.44. The van der Waals surface area contributed by atoms with Crippen LogP contribution in [0.5, 0.6) is 0 Å². The third-order valence-corrected chi connectivity index (χ3v) is 6.32. The Morgan fingerprint density at radius 2 is 2.21 bits per heavy atom. The molecule has 4 atom stereocenters. The van der Waals surface area contributed by atoms with Crippen LogP contribution in [0, 0.1) is 5.92 Å². The Labute approximate surface area is 167 Å². The maximum atomic E-state index is 13.2. The summed E-state index contributed by atoms with van der Waals surface area (Å²) in [6.07, 6.45) is 7.55. The van der Waals surface area contributed by atoms with Gasteiger partial charge in [-0.25, -0.2) is 4.68 Å². The molecule has 7 nitrogen and oxygen atoms in total. The van der Waals surface area contributed by atoms with E-state index < -0.39 is 11.1 Å². The van der Waals surface area contributed by atoms with E-state index in [1.54, 1.807) is 0 Å². The summed E-state index contributed by atoms with van der Waals surface area (Å²) in [5, 5.41) is 14.9. The lowest BCUT2D eigenvalue weighted by Crippen LogP contribution is -2.49. The molecule has 1 N–H and O–H groups in total. The van der Waals surface area contributed by atoms with Crippen LogP contribution in [0.4, 0.5) is 0 Å². The van der Waals surface area contributed by atoms with Gasteiger partial charge < -0.3 is 14.6 Å². The van der Waals surface area contributed by atoms with Gasteiger partial charge in [0.2, 0.25) is 0 Å². The quantitative estimate of drug-likeness (QED) is 0.796. The molecule has 1 aromatic heterocycles. The topological polar surface area (TPSA) is 76.8 Å². The van der Waals surface area contributed by atoms with Crippen LogP contribution in [0.15, 0.2) is 12.3 Å². The second-order valence-corrected chi connectivity index (χ2v) is 9.46. The molecule has 0 radical (unpaired) electrons. The van der Waals surface area contributed by atoms with Gasteiger partial charge in [-0.15, -0.1) is 0 Å². The van der Waals surface area contributed by atoms with Crippen molar-refractivity contribution < 1.29 is 19.4 Å².